The fraction of sp³-hybridized carbons (Fsp3) is 0.412. The Balaban J connectivity index is 1.63. The Bertz CT molecular complexity index is 1040. The Morgan fingerprint density at radius 3 is 2.88 bits per heavy atom. The van der Waals surface area contributed by atoms with E-state index in [9.17, 15) is 9.59 Å². The van der Waals surface area contributed by atoms with Crippen LogP contribution in [0.2, 0.25) is 0 Å². The molecule has 3 aromatic heterocycles. The van der Waals surface area contributed by atoms with Gasteiger partial charge >= 0.3 is 5.69 Å². The second kappa shape index (κ2) is 4.90. The Hall–Kier alpha value is -2.70. The van der Waals surface area contributed by atoms with Crippen molar-refractivity contribution in [3.8, 4) is 11.3 Å². The van der Waals surface area contributed by atoms with E-state index in [1.54, 1.807) is 16.9 Å². The number of hydrogen-bond donors (Lipinski definition) is 2. The number of aromatic nitrogens is 5. The average molecular weight is 323 g/mol. The van der Waals surface area contributed by atoms with Crippen molar-refractivity contribution in [3.63, 3.8) is 0 Å². The zero-order chi connectivity index (χ0) is 16.3. The smallest absolute Gasteiger partial charge is 0.313 e. The van der Waals surface area contributed by atoms with Gasteiger partial charge in [0.2, 0.25) is 0 Å². The number of aromatic amines is 2. The highest BCUT2D eigenvalue weighted by Crippen LogP contribution is 2.57. The van der Waals surface area contributed by atoms with Crippen molar-refractivity contribution in [2.24, 2.45) is 11.8 Å². The summed E-state index contributed by atoms with van der Waals surface area (Å²) in [6, 6.07) is 1.97. The number of H-pyrrole nitrogens is 2. The molecule has 5 rings (SSSR count). The number of nitrogens with zero attached hydrogens (tertiary/aromatic N) is 3. The Morgan fingerprint density at radius 2 is 2.12 bits per heavy atom. The van der Waals surface area contributed by atoms with E-state index in [1.807, 2.05) is 6.07 Å². The molecule has 2 atom stereocenters. The molecular formula is C17H17N5O2. The lowest BCUT2D eigenvalue weighted by Crippen LogP contribution is -2.23. The molecule has 122 valence electrons. The third-order valence-electron chi connectivity index (χ3n) is 5.48. The summed E-state index contributed by atoms with van der Waals surface area (Å²) < 4.78 is 1.73. The van der Waals surface area contributed by atoms with E-state index in [0.29, 0.717) is 17.2 Å². The first-order chi connectivity index (χ1) is 11.7. The van der Waals surface area contributed by atoms with Gasteiger partial charge in [0.15, 0.2) is 5.65 Å². The first-order valence-corrected chi connectivity index (χ1v) is 8.37. The molecule has 0 spiro atoms. The van der Waals surface area contributed by atoms with Gasteiger partial charge in [-0.05, 0) is 30.2 Å². The van der Waals surface area contributed by atoms with Crippen molar-refractivity contribution in [1.82, 2.24) is 24.6 Å². The van der Waals surface area contributed by atoms with E-state index in [1.165, 1.54) is 31.9 Å². The zero-order valence-electron chi connectivity index (χ0n) is 13.0. The van der Waals surface area contributed by atoms with Crippen molar-refractivity contribution in [2.75, 3.05) is 0 Å². The third kappa shape index (κ3) is 2.04. The van der Waals surface area contributed by atoms with Crippen LogP contribution in [0.5, 0.6) is 0 Å². The molecule has 3 heterocycles. The van der Waals surface area contributed by atoms with Crippen LogP contribution in [0.1, 0.15) is 37.2 Å². The summed E-state index contributed by atoms with van der Waals surface area (Å²) in [4.78, 5) is 32.6. The molecule has 2 saturated carbocycles. The maximum absolute atomic E-state index is 12.1. The molecule has 0 saturated heterocycles. The molecule has 7 heteroatoms. The van der Waals surface area contributed by atoms with Gasteiger partial charge in [-0.1, -0.05) is 19.3 Å². The summed E-state index contributed by atoms with van der Waals surface area (Å²) in [6.45, 7) is 0. The summed E-state index contributed by atoms with van der Waals surface area (Å²) in [5.41, 5.74) is 2.02. The summed E-state index contributed by atoms with van der Waals surface area (Å²) in [5, 5.41) is 4.48. The average Bonchev–Trinajstić information content (AvgIpc) is 3.11. The van der Waals surface area contributed by atoms with Gasteiger partial charge in [-0.2, -0.15) is 5.10 Å². The van der Waals surface area contributed by atoms with Crippen LogP contribution in [0.4, 0.5) is 0 Å². The number of hydrogen-bond acceptors (Lipinski definition) is 4. The monoisotopic (exact) mass is 323 g/mol. The quantitative estimate of drug-likeness (QED) is 0.766. The summed E-state index contributed by atoms with van der Waals surface area (Å²) in [5.74, 6) is 2.09. The minimum absolute atomic E-state index is 0.368. The molecule has 24 heavy (non-hydrogen) atoms. The maximum Gasteiger partial charge on any atom is 0.325 e. The molecule has 2 aliphatic rings. The molecule has 0 unspecified atom stereocenters. The summed E-state index contributed by atoms with van der Waals surface area (Å²) in [6.07, 6.45) is 10.2. The van der Waals surface area contributed by atoms with Gasteiger partial charge in [0, 0.05) is 24.2 Å². The first-order valence-electron chi connectivity index (χ1n) is 8.37. The molecule has 0 bridgehead atoms. The molecule has 0 radical (unpaired) electrons. The third-order valence-corrected chi connectivity index (χ3v) is 5.48. The summed E-state index contributed by atoms with van der Waals surface area (Å²) >= 11 is 0. The van der Waals surface area contributed by atoms with Crippen LogP contribution in [0.25, 0.3) is 16.9 Å². The molecule has 0 aromatic carbocycles. The van der Waals surface area contributed by atoms with Gasteiger partial charge in [-0.3, -0.25) is 9.78 Å². The van der Waals surface area contributed by atoms with Crippen LogP contribution in [0, 0.1) is 11.8 Å². The van der Waals surface area contributed by atoms with Crippen LogP contribution in [0.3, 0.4) is 0 Å². The molecule has 3 aromatic rings. The van der Waals surface area contributed by atoms with Crippen LogP contribution in [-0.4, -0.2) is 24.6 Å². The number of imidazole rings is 1. The van der Waals surface area contributed by atoms with Crippen molar-refractivity contribution in [1.29, 1.82) is 0 Å². The van der Waals surface area contributed by atoms with E-state index < -0.39 is 11.2 Å². The van der Waals surface area contributed by atoms with Gasteiger partial charge < -0.3 is 4.98 Å². The summed E-state index contributed by atoms with van der Waals surface area (Å²) in [7, 11) is 0. The molecule has 2 fully saturated rings. The van der Waals surface area contributed by atoms with E-state index >= 15 is 0 Å². The highest BCUT2D eigenvalue weighted by molar-refractivity contribution is 5.63. The second-order valence-corrected chi connectivity index (χ2v) is 6.86. The Kier molecular flexibility index (Phi) is 2.80. The topological polar surface area (TPSA) is 95.9 Å². The van der Waals surface area contributed by atoms with Crippen LogP contribution in [-0.2, 0) is 0 Å². The predicted octanol–water partition coefficient (Wildman–Crippen LogP) is 1.68. The number of nitrogens with one attached hydrogen (secondary N) is 2. The lowest BCUT2D eigenvalue weighted by Gasteiger charge is -2.25. The molecular weight excluding hydrogens is 306 g/mol. The lowest BCUT2D eigenvalue weighted by molar-refractivity contribution is 0.273. The number of fused-ring (bicyclic) bond motifs is 1. The first kappa shape index (κ1) is 13.7. The highest BCUT2D eigenvalue weighted by Gasteiger charge is 2.46. The Labute approximate surface area is 136 Å². The molecule has 7 nitrogen and oxygen atoms in total. The predicted molar refractivity (Wildman–Crippen MR) is 87.9 cm³/mol. The molecule has 2 aliphatic carbocycles. The van der Waals surface area contributed by atoms with Crippen molar-refractivity contribution in [2.45, 2.75) is 31.6 Å². The van der Waals surface area contributed by atoms with Crippen molar-refractivity contribution >= 4 is 5.65 Å². The van der Waals surface area contributed by atoms with Crippen LogP contribution in [0.15, 0.2) is 34.2 Å². The highest BCUT2D eigenvalue weighted by atomic mass is 16.2. The Morgan fingerprint density at radius 1 is 1.25 bits per heavy atom. The van der Waals surface area contributed by atoms with Crippen LogP contribution < -0.4 is 11.2 Å². The van der Waals surface area contributed by atoms with E-state index in [0.717, 1.165) is 23.0 Å². The van der Waals surface area contributed by atoms with Gasteiger partial charge in [-0.15, -0.1) is 0 Å². The van der Waals surface area contributed by atoms with E-state index in [4.69, 9.17) is 0 Å². The fourth-order valence-electron chi connectivity index (χ4n) is 3.91. The number of rotatable bonds is 3. The van der Waals surface area contributed by atoms with E-state index in [2.05, 4.69) is 20.1 Å². The second-order valence-electron chi connectivity index (χ2n) is 6.86. The fourth-order valence-corrected chi connectivity index (χ4v) is 3.91. The van der Waals surface area contributed by atoms with Gasteiger partial charge in [0.1, 0.15) is 0 Å². The minimum Gasteiger partial charge on any atom is -0.313 e. The molecule has 2 N–H and O–H groups in total. The maximum atomic E-state index is 12.1. The van der Waals surface area contributed by atoms with Crippen molar-refractivity contribution in [3.05, 3.63) is 51.1 Å². The normalized spacial score (nSPS) is 23.3. The minimum atomic E-state index is -0.514. The SMILES string of the molecule is O=c1[nH]cc(-c2cc([C@H]3C[C@@H]3C3CCC3)c3nccn3n2)c(=O)[nH]1. The zero-order valence-corrected chi connectivity index (χ0v) is 13.0. The largest absolute Gasteiger partial charge is 0.325 e. The van der Waals surface area contributed by atoms with E-state index in [-0.39, 0.29) is 0 Å². The van der Waals surface area contributed by atoms with Gasteiger partial charge in [0.05, 0.1) is 11.3 Å². The van der Waals surface area contributed by atoms with Gasteiger partial charge in [0.25, 0.3) is 5.56 Å². The van der Waals surface area contributed by atoms with Gasteiger partial charge in [-0.25, -0.2) is 14.3 Å². The van der Waals surface area contributed by atoms with Crippen LogP contribution >= 0.6 is 0 Å². The molecule has 0 aliphatic heterocycles. The van der Waals surface area contributed by atoms with Crippen molar-refractivity contribution < 1.29 is 0 Å². The standard InChI is InChI=1S/C17H17N5O2/c23-16-13(8-19-17(24)20-16)14-7-12(15-18-4-5-22(15)21-14)11-6-10(11)9-2-1-3-9/h4-5,7-11H,1-3,6H2,(H2,19,20,23,24)/t10-,11+/m1/s1. The lowest BCUT2D eigenvalue weighted by atomic mass is 9.80. The molecule has 0 amide bonds.